The number of nitrogens with one attached hydrogen (secondary N) is 1. The number of hydrogen-bond donors (Lipinski definition) is 2. The second-order valence-corrected chi connectivity index (χ2v) is 5.78. The molecule has 0 aromatic heterocycles. The molecule has 3 N–H and O–H groups in total. The van der Waals surface area contributed by atoms with E-state index in [9.17, 15) is 18.0 Å². The fourth-order valence-corrected chi connectivity index (χ4v) is 3.13. The molecule has 1 aliphatic rings. The Morgan fingerprint density at radius 1 is 1.21 bits per heavy atom. The zero-order valence-electron chi connectivity index (χ0n) is 13.1. The van der Waals surface area contributed by atoms with E-state index in [0.717, 1.165) is 6.42 Å². The highest BCUT2D eigenvalue weighted by molar-refractivity contribution is 5.95. The third-order valence-electron chi connectivity index (χ3n) is 4.45. The van der Waals surface area contributed by atoms with E-state index >= 15 is 0 Å². The molecular formula is C16H21F3N2O3. The van der Waals surface area contributed by atoms with Crippen molar-refractivity contribution in [2.24, 2.45) is 17.7 Å². The number of amides is 1. The maximum atomic E-state index is 13.3. The highest BCUT2D eigenvalue weighted by Crippen LogP contribution is 2.32. The minimum atomic E-state index is -1.10. The maximum Gasteiger partial charge on any atom is 0.251 e. The van der Waals surface area contributed by atoms with Crippen LogP contribution < -0.4 is 20.8 Å². The predicted molar refractivity (Wildman–Crippen MR) is 81.9 cm³/mol. The lowest BCUT2D eigenvalue weighted by Gasteiger charge is -2.35. The second kappa shape index (κ2) is 8.77. The van der Waals surface area contributed by atoms with Crippen molar-refractivity contribution in [1.29, 1.82) is 0 Å². The number of rotatable bonds is 7. The molecule has 1 aliphatic carbocycles. The summed E-state index contributed by atoms with van der Waals surface area (Å²) < 4.78 is 43.4. The minimum Gasteiger partial charge on any atom is -0.459 e. The van der Waals surface area contributed by atoms with Crippen LogP contribution in [0.1, 0.15) is 29.6 Å². The van der Waals surface area contributed by atoms with Crippen molar-refractivity contribution < 1.29 is 27.5 Å². The highest BCUT2D eigenvalue weighted by Gasteiger charge is 2.34. The maximum absolute atomic E-state index is 13.3. The van der Waals surface area contributed by atoms with Crippen molar-refractivity contribution in [2.45, 2.75) is 25.3 Å². The molecule has 0 bridgehead atoms. The zero-order chi connectivity index (χ0) is 17.5. The van der Waals surface area contributed by atoms with Gasteiger partial charge in [-0.15, -0.1) is 0 Å². The van der Waals surface area contributed by atoms with Gasteiger partial charge < -0.3 is 14.9 Å². The first-order valence-corrected chi connectivity index (χ1v) is 7.76. The third-order valence-corrected chi connectivity index (χ3v) is 4.45. The third kappa shape index (κ3) is 4.11. The van der Waals surface area contributed by atoms with Crippen LogP contribution in [-0.2, 0) is 0 Å². The van der Waals surface area contributed by atoms with Crippen molar-refractivity contribution in [3.05, 3.63) is 23.8 Å². The van der Waals surface area contributed by atoms with Crippen LogP contribution in [0.4, 0.5) is 13.2 Å². The van der Waals surface area contributed by atoms with E-state index in [4.69, 9.17) is 10.6 Å². The number of nitrogens with two attached hydrogens (primary N) is 1. The van der Waals surface area contributed by atoms with Gasteiger partial charge in [0, 0.05) is 17.5 Å². The summed E-state index contributed by atoms with van der Waals surface area (Å²) in [5.41, 5.74) is 0.194. The van der Waals surface area contributed by atoms with Crippen LogP contribution in [0.15, 0.2) is 18.2 Å². The molecule has 1 aromatic rings. The Kier molecular flexibility index (Phi) is 6.72. The number of hydrogen-bond acceptors (Lipinski definition) is 4. The molecule has 0 radical (unpaired) electrons. The molecule has 134 valence electrons. The largest absolute Gasteiger partial charge is 0.459 e. The van der Waals surface area contributed by atoms with E-state index in [0.29, 0.717) is 12.8 Å². The lowest BCUT2D eigenvalue weighted by molar-refractivity contribution is 0.0816. The average Bonchev–Trinajstić information content (AvgIpc) is 2.61. The summed E-state index contributed by atoms with van der Waals surface area (Å²) in [7, 11) is 0. The Morgan fingerprint density at radius 3 is 2.62 bits per heavy atom. The number of alkyl halides is 3. The summed E-state index contributed by atoms with van der Waals surface area (Å²) >= 11 is 0. The molecule has 2 rings (SSSR count). The van der Waals surface area contributed by atoms with E-state index in [2.05, 4.69) is 10.2 Å². The van der Waals surface area contributed by atoms with Gasteiger partial charge in [0.05, 0.1) is 13.3 Å². The number of halogens is 3. The van der Waals surface area contributed by atoms with Gasteiger partial charge in [-0.2, -0.15) is 5.90 Å². The summed E-state index contributed by atoms with van der Waals surface area (Å²) in [4.78, 5) is 16.9. The van der Waals surface area contributed by atoms with Crippen molar-refractivity contribution in [2.75, 3.05) is 20.2 Å². The fourth-order valence-electron chi connectivity index (χ4n) is 3.13. The molecule has 5 nitrogen and oxygen atoms in total. The van der Waals surface area contributed by atoms with E-state index < -0.39 is 38.1 Å². The SMILES string of the molecule is NOc1ccc(C(=O)NC2CCCC(CF)C2CF)cc1OCF. The molecule has 0 spiro atoms. The molecule has 3 atom stereocenters. The van der Waals surface area contributed by atoms with Crippen LogP contribution in [0.2, 0.25) is 0 Å². The second-order valence-electron chi connectivity index (χ2n) is 5.78. The zero-order valence-corrected chi connectivity index (χ0v) is 13.1. The van der Waals surface area contributed by atoms with Gasteiger partial charge in [0.25, 0.3) is 5.91 Å². The van der Waals surface area contributed by atoms with Crippen molar-refractivity contribution >= 4 is 5.91 Å². The fraction of sp³-hybridized carbons (Fsp3) is 0.562. The molecule has 0 saturated heterocycles. The van der Waals surface area contributed by atoms with Crippen molar-refractivity contribution in [3.8, 4) is 11.5 Å². The molecule has 0 heterocycles. The Hall–Kier alpha value is -1.96. The van der Waals surface area contributed by atoms with Gasteiger partial charge in [-0.25, -0.2) is 4.39 Å². The monoisotopic (exact) mass is 346 g/mol. The summed E-state index contributed by atoms with van der Waals surface area (Å²) in [6, 6.07) is 3.66. The van der Waals surface area contributed by atoms with Crippen molar-refractivity contribution in [1.82, 2.24) is 5.32 Å². The highest BCUT2D eigenvalue weighted by atomic mass is 19.1. The summed E-state index contributed by atoms with van der Waals surface area (Å²) in [5.74, 6) is 3.72. The van der Waals surface area contributed by atoms with Crippen LogP contribution in [0.25, 0.3) is 0 Å². The molecule has 0 aliphatic heterocycles. The quantitative estimate of drug-likeness (QED) is 0.745. The Labute approximate surface area is 138 Å². The molecule has 1 amide bonds. The van der Waals surface area contributed by atoms with Crippen molar-refractivity contribution in [3.63, 3.8) is 0 Å². The van der Waals surface area contributed by atoms with Gasteiger partial charge in [-0.05, 0) is 37.0 Å². The Balaban J connectivity index is 2.12. The van der Waals surface area contributed by atoms with Gasteiger partial charge in [0.15, 0.2) is 11.5 Å². The molecule has 1 aromatic carbocycles. The van der Waals surface area contributed by atoms with Gasteiger partial charge in [-0.3, -0.25) is 13.6 Å². The lowest BCUT2D eigenvalue weighted by atomic mass is 9.77. The molecule has 24 heavy (non-hydrogen) atoms. The number of carbonyl (C=O) groups is 1. The first kappa shape index (κ1) is 18.4. The normalized spacial score (nSPS) is 23.6. The predicted octanol–water partition coefficient (Wildman–Crippen LogP) is 2.70. The van der Waals surface area contributed by atoms with Crippen LogP contribution in [0, 0.1) is 11.8 Å². The van der Waals surface area contributed by atoms with E-state index in [1.807, 2.05) is 0 Å². The van der Waals surface area contributed by atoms with Crippen LogP contribution in [0.5, 0.6) is 11.5 Å². The molecule has 3 unspecified atom stereocenters. The van der Waals surface area contributed by atoms with Crippen LogP contribution in [0.3, 0.4) is 0 Å². The van der Waals surface area contributed by atoms with E-state index in [1.54, 1.807) is 0 Å². The van der Waals surface area contributed by atoms with Gasteiger partial charge in [0.1, 0.15) is 0 Å². The van der Waals surface area contributed by atoms with E-state index in [1.165, 1.54) is 18.2 Å². The molecule has 1 fully saturated rings. The molecule has 1 saturated carbocycles. The van der Waals surface area contributed by atoms with E-state index in [-0.39, 0.29) is 23.0 Å². The summed E-state index contributed by atoms with van der Waals surface area (Å²) in [6.45, 7) is -2.39. The van der Waals surface area contributed by atoms with Gasteiger partial charge in [-0.1, -0.05) is 6.42 Å². The first-order chi connectivity index (χ1) is 11.6. The van der Waals surface area contributed by atoms with Gasteiger partial charge in [0.2, 0.25) is 6.86 Å². The standard InChI is InChI=1S/C16H21F3N2O3/c17-7-11-2-1-3-13(12(11)8-18)21-16(22)10-4-5-14(24-20)15(6-10)23-9-19/h4-6,11-13H,1-3,7-9,20H2,(H,21,22). The molecular weight excluding hydrogens is 325 g/mol. The van der Waals surface area contributed by atoms with Crippen LogP contribution >= 0.6 is 0 Å². The number of carbonyl (C=O) groups excluding carboxylic acids is 1. The first-order valence-electron chi connectivity index (χ1n) is 7.76. The van der Waals surface area contributed by atoms with Crippen LogP contribution in [-0.4, -0.2) is 32.2 Å². The lowest BCUT2D eigenvalue weighted by Crippen LogP contribution is -2.46. The Morgan fingerprint density at radius 2 is 2.00 bits per heavy atom. The minimum absolute atomic E-state index is 0.0139. The topological polar surface area (TPSA) is 73.6 Å². The smallest absolute Gasteiger partial charge is 0.251 e. The summed E-state index contributed by atoms with van der Waals surface area (Å²) in [5, 5.41) is 2.74. The average molecular weight is 346 g/mol. The number of ether oxygens (including phenoxy) is 1. The van der Waals surface area contributed by atoms with Gasteiger partial charge >= 0.3 is 0 Å². The number of benzene rings is 1. The summed E-state index contributed by atoms with van der Waals surface area (Å²) in [6.07, 6.45) is 1.94. The molecule has 8 heteroatoms. The Bertz CT molecular complexity index is 559.